The van der Waals surface area contributed by atoms with Crippen molar-refractivity contribution in [2.45, 2.75) is 66.1 Å². The third-order valence-electron chi connectivity index (χ3n) is 4.88. The minimum atomic E-state index is 0.483. The number of piperidine rings is 1. The number of hydrogen-bond acceptors (Lipinski definition) is 2. The van der Waals surface area contributed by atoms with Crippen LogP contribution >= 0.6 is 0 Å². The topological polar surface area (TPSA) is 6.48 Å². The fourth-order valence-electron chi connectivity index (χ4n) is 3.91. The molecule has 3 rings (SSSR count). The van der Waals surface area contributed by atoms with E-state index in [0.29, 0.717) is 17.5 Å². The van der Waals surface area contributed by atoms with Crippen LogP contribution in [0.15, 0.2) is 0 Å². The van der Waals surface area contributed by atoms with Gasteiger partial charge in [-0.25, -0.2) is 0 Å². The van der Waals surface area contributed by atoms with E-state index in [4.69, 9.17) is 0 Å². The summed E-state index contributed by atoms with van der Waals surface area (Å²) in [6, 6.07) is 2.12. The van der Waals surface area contributed by atoms with Crippen LogP contribution in [-0.4, -0.2) is 47.6 Å². The van der Waals surface area contributed by atoms with Gasteiger partial charge in [-0.05, 0) is 45.4 Å². The van der Waals surface area contributed by atoms with Crippen molar-refractivity contribution in [1.82, 2.24) is 9.80 Å². The largest absolute Gasteiger partial charge is 0.299 e. The Morgan fingerprint density at radius 3 is 2.12 bits per heavy atom. The second kappa shape index (κ2) is 4.55. The van der Waals surface area contributed by atoms with Gasteiger partial charge in [-0.1, -0.05) is 13.8 Å². The first-order chi connectivity index (χ1) is 7.81. The van der Waals surface area contributed by atoms with Crippen molar-refractivity contribution in [2.24, 2.45) is 11.3 Å². The van der Waals surface area contributed by atoms with Crippen molar-refractivity contribution in [3.05, 3.63) is 0 Å². The Hall–Kier alpha value is -0.0800. The molecular weight excluding hydrogens is 208 g/mol. The molecule has 3 saturated heterocycles. The normalized spacial score (nSPS) is 34.6. The first kappa shape index (κ1) is 13.4. The highest BCUT2D eigenvalue weighted by Crippen LogP contribution is 2.42. The van der Waals surface area contributed by atoms with Gasteiger partial charge in [0.15, 0.2) is 0 Å². The quantitative estimate of drug-likeness (QED) is 0.730. The van der Waals surface area contributed by atoms with E-state index in [1.807, 2.05) is 0 Å². The van der Waals surface area contributed by atoms with E-state index in [1.54, 1.807) is 0 Å². The Kier molecular flexibility index (Phi) is 3.57. The van der Waals surface area contributed by atoms with E-state index in [-0.39, 0.29) is 0 Å². The standard InChI is InChI=1S/C15H30N2/c1-11(2)16-8-13-7-15(5,6)14(10-16)17(9-13)12(3)4/h11-14H,7-10H2,1-6H3/t13-,14?/m0/s1. The van der Waals surface area contributed by atoms with Crippen LogP contribution in [0, 0.1) is 11.3 Å². The number of hydrogen-bond donors (Lipinski definition) is 0. The van der Waals surface area contributed by atoms with Crippen LogP contribution in [-0.2, 0) is 0 Å². The predicted octanol–water partition coefficient (Wildman–Crippen LogP) is 2.84. The summed E-state index contributed by atoms with van der Waals surface area (Å²) in [5.74, 6) is 0.869. The SMILES string of the molecule is CC(C)N1CC2N(C(C)C)C[C@H](C1)CC2(C)C. The Bertz CT molecular complexity index is 268. The molecule has 17 heavy (non-hydrogen) atoms. The molecule has 0 aliphatic carbocycles. The highest BCUT2D eigenvalue weighted by Gasteiger charge is 2.46. The lowest BCUT2D eigenvalue weighted by Gasteiger charge is -2.49. The fraction of sp³-hybridized carbons (Fsp3) is 1.00. The lowest BCUT2D eigenvalue weighted by Crippen LogP contribution is -2.56. The van der Waals surface area contributed by atoms with E-state index in [0.717, 1.165) is 12.0 Å². The molecule has 3 heterocycles. The predicted molar refractivity (Wildman–Crippen MR) is 74.2 cm³/mol. The average molecular weight is 238 g/mol. The smallest absolute Gasteiger partial charge is 0.0277 e. The molecule has 2 bridgehead atoms. The Balaban J connectivity index is 2.25. The Morgan fingerprint density at radius 2 is 1.59 bits per heavy atom. The summed E-state index contributed by atoms with van der Waals surface area (Å²) in [4.78, 5) is 5.46. The average Bonchev–Trinajstić information content (AvgIpc) is 2.43. The minimum absolute atomic E-state index is 0.483. The molecule has 2 nitrogen and oxygen atoms in total. The van der Waals surface area contributed by atoms with Gasteiger partial charge in [-0.15, -0.1) is 0 Å². The van der Waals surface area contributed by atoms with E-state index >= 15 is 0 Å². The highest BCUT2D eigenvalue weighted by molar-refractivity contribution is 5.00. The van der Waals surface area contributed by atoms with Gasteiger partial charge in [0, 0.05) is 37.8 Å². The maximum Gasteiger partial charge on any atom is 0.0277 e. The van der Waals surface area contributed by atoms with Crippen LogP contribution in [0.4, 0.5) is 0 Å². The van der Waals surface area contributed by atoms with Crippen LogP contribution in [0.2, 0.25) is 0 Å². The van der Waals surface area contributed by atoms with Gasteiger partial charge in [0.05, 0.1) is 0 Å². The first-order valence-corrected chi connectivity index (χ1v) is 7.31. The number of rotatable bonds is 2. The van der Waals surface area contributed by atoms with Gasteiger partial charge in [-0.2, -0.15) is 0 Å². The summed E-state index contributed by atoms with van der Waals surface area (Å²) in [7, 11) is 0. The lowest BCUT2D eigenvalue weighted by atomic mass is 9.73. The summed E-state index contributed by atoms with van der Waals surface area (Å²) >= 11 is 0. The Labute approximate surface area is 107 Å². The lowest BCUT2D eigenvalue weighted by molar-refractivity contribution is 0.00297. The summed E-state index contributed by atoms with van der Waals surface area (Å²) in [6.45, 7) is 18.2. The molecule has 0 aromatic heterocycles. The molecule has 3 fully saturated rings. The zero-order chi connectivity index (χ0) is 12.8. The van der Waals surface area contributed by atoms with Gasteiger partial charge in [0.2, 0.25) is 0 Å². The molecule has 2 atom stereocenters. The first-order valence-electron chi connectivity index (χ1n) is 7.31. The van der Waals surface area contributed by atoms with Crippen LogP contribution in [0.5, 0.6) is 0 Å². The monoisotopic (exact) mass is 238 g/mol. The highest BCUT2D eigenvalue weighted by atomic mass is 15.3. The van der Waals surface area contributed by atoms with Gasteiger partial charge < -0.3 is 0 Å². The molecular formula is C15H30N2. The molecule has 1 unspecified atom stereocenters. The van der Waals surface area contributed by atoms with Crippen LogP contribution in [0.25, 0.3) is 0 Å². The van der Waals surface area contributed by atoms with Crippen molar-refractivity contribution in [1.29, 1.82) is 0 Å². The molecule has 3 aliphatic heterocycles. The second-order valence-electron chi connectivity index (χ2n) is 7.41. The van der Waals surface area contributed by atoms with E-state index < -0.39 is 0 Å². The van der Waals surface area contributed by atoms with Crippen molar-refractivity contribution < 1.29 is 0 Å². The summed E-state index contributed by atoms with van der Waals surface area (Å²) < 4.78 is 0. The van der Waals surface area contributed by atoms with Gasteiger partial charge in [0.25, 0.3) is 0 Å². The van der Waals surface area contributed by atoms with Crippen molar-refractivity contribution >= 4 is 0 Å². The van der Waals surface area contributed by atoms with Crippen molar-refractivity contribution in [2.75, 3.05) is 19.6 Å². The van der Waals surface area contributed by atoms with Gasteiger partial charge in [-0.3, -0.25) is 9.80 Å². The van der Waals surface area contributed by atoms with Crippen LogP contribution in [0.3, 0.4) is 0 Å². The third-order valence-corrected chi connectivity index (χ3v) is 4.88. The molecule has 0 N–H and O–H groups in total. The summed E-state index contributed by atoms with van der Waals surface area (Å²) in [5.41, 5.74) is 0.483. The maximum atomic E-state index is 2.76. The van der Waals surface area contributed by atoms with Gasteiger partial charge >= 0.3 is 0 Å². The molecule has 0 radical (unpaired) electrons. The Morgan fingerprint density at radius 1 is 0.941 bits per heavy atom. The summed E-state index contributed by atoms with van der Waals surface area (Å²) in [6.07, 6.45) is 1.41. The maximum absolute atomic E-state index is 2.76. The summed E-state index contributed by atoms with van der Waals surface area (Å²) in [5, 5.41) is 0. The molecule has 0 aromatic rings. The van der Waals surface area contributed by atoms with Crippen molar-refractivity contribution in [3.63, 3.8) is 0 Å². The molecule has 0 aromatic carbocycles. The fourth-order valence-corrected chi connectivity index (χ4v) is 3.91. The van der Waals surface area contributed by atoms with Crippen LogP contribution < -0.4 is 0 Å². The second-order valence-corrected chi connectivity index (χ2v) is 7.41. The van der Waals surface area contributed by atoms with E-state index in [2.05, 4.69) is 51.3 Å². The molecule has 0 saturated carbocycles. The molecule has 0 amide bonds. The van der Waals surface area contributed by atoms with E-state index in [9.17, 15) is 0 Å². The van der Waals surface area contributed by atoms with Crippen LogP contribution in [0.1, 0.15) is 48.0 Å². The minimum Gasteiger partial charge on any atom is -0.299 e. The zero-order valence-electron chi connectivity index (χ0n) is 12.5. The zero-order valence-corrected chi connectivity index (χ0v) is 12.5. The molecule has 100 valence electrons. The molecule has 0 spiro atoms. The molecule has 3 aliphatic rings. The van der Waals surface area contributed by atoms with Gasteiger partial charge in [0.1, 0.15) is 0 Å². The third kappa shape index (κ3) is 2.53. The van der Waals surface area contributed by atoms with Crippen molar-refractivity contribution in [3.8, 4) is 0 Å². The number of fused-ring (bicyclic) bond motifs is 4. The van der Waals surface area contributed by atoms with E-state index in [1.165, 1.54) is 26.1 Å². The molecule has 2 heteroatoms. The number of nitrogens with zero attached hydrogens (tertiary/aromatic N) is 2.